The fourth-order valence-electron chi connectivity index (χ4n) is 2.11. The number of aromatic amines is 1. The van der Waals surface area contributed by atoms with Crippen LogP contribution in [0.1, 0.15) is 0 Å². The van der Waals surface area contributed by atoms with E-state index in [0.717, 1.165) is 0 Å². The fourth-order valence-corrected chi connectivity index (χ4v) is 2.89. The summed E-state index contributed by atoms with van der Waals surface area (Å²) in [5, 5.41) is 1.86. The van der Waals surface area contributed by atoms with E-state index in [9.17, 15) is 13.2 Å². The molecule has 4 nitrogen and oxygen atoms in total. The molecular formula is C13H8ClNO3S. The van der Waals surface area contributed by atoms with Gasteiger partial charge in [-0.1, -0.05) is 18.2 Å². The standard InChI is InChI=1S/C13H8ClNO3S/c14-19(17,18)8-5-6-12-11(7-8)9-3-1-2-4-10(9)13(16)15-12/h1-7H,(H,15,16). The van der Waals surface area contributed by atoms with Gasteiger partial charge in [0.15, 0.2) is 0 Å². The lowest BCUT2D eigenvalue weighted by Crippen LogP contribution is -2.06. The van der Waals surface area contributed by atoms with Gasteiger partial charge in [0, 0.05) is 27.0 Å². The number of hydrogen-bond acceptors (Lipinski definition) is 3. The minimum absolute atomic E-state index is 0.0128. The van der Waals surface area contributed by atoms with E-state index in [-0.39, 0.29) is 10.5 Å². The molecule has 0 saturated heterocycles. The van der Waals surface area contributed by atoms with Gasteiger partial charge in [0.1, 0.15) is 0 Å². The average Bonchev–Trinajstić information content (AvgIpc) is 2.37. The lowest BCUT2D eigenvalue weighted by molar-refractivity contribution is 0.609. The van der Waals surface area contributed by atoms with Crippen LogP contribution in [0.4, 0.5) is 0 Å². The zero-order valence-corrected chi connectivity index (χ0v) is 11.1. The van der Waals surface area contributed by atoms with Gasteiger partial charge in [-0.25, -0.2) is 8.42 Å². The molecule has 96 valence electrons. The topological polar surface area (TPSA) is 67.0 Å². The summed E-state index contributed by atoms with van der Waals surface area (Å²) in [6, 6.07) is 11.4. The molecule has 3 aromatic rings. The lowest BCUT2D eigenvalue weighted by atomic mass is 10.1. The lowest BCUT2D eigenvalue weighted by Gasteiger charge is -2.04. The molecule has 0 spiro atoms. The first kappa shape index (κ1) is 12.2. The Kier molecular flexibility index (Phi) is 2.62. The molecule has 0 aliphatic rings. The number of pyridine rings is 1. The van der Waals surface area contributed by atoms with E-state index in [2.05, 4.69) is 4.98 Å². The summed E-state index contributed by atoms with van der Waals surface area (Å²) in [6.07, 6.45) is 0. The van der Waals surface area contributed by atoms with Gasteiger partial charge < -0.3 is 4.98 Å². The summed E-state index contributed by atoms with van der Waals surface area (Å²) in [7, 11) is 1.55. The number of aromatic nitrogens is 1. The van der Waals surface area contributed by atoms with Crippen LogP contribution in [0, 0.1) is 0 Å². The normalized spacial score (nSPS) is 12.1. The van der Waals surface area contributed by atoms with Crippen LogP contribution in [0.25, 0.3) is 21.7 Å². The molecule has 1 aromatic heterocycles. The van der Waals surface area contributed by atoms with Crippen LogP contribution in [0.5, 0.6) is 0 Å². The molecule has 0 unspecified atom stereocenters. The van der Waals surface area contributed by atoms with Crippen molar-refractivity contribution >= 4 is 41.4 Å². The second-order valence-corrected chi connectivity index (χ2v) is 6.71. The van der Waals surface area contributed by atoms with Crippen molar-refractivity contribution in [1.29, 1.82) is 0 Å². The van der Waals surface area contributed by atoms with Crippen LogP contribution < -0.4 is 5.56 Å². The molecule has 0 fully saturated rings. The number of benzene rings is 2. The Labute approximate surface area is 113 Å². The van der Waals surface area contributed by atoms with E-state index in [1.54, 1.807) is 30.3 Å². The average molecular weight is 294 g/mol. The maximum Gasteiger partial charge on any atom is 0.261 e. The molecule has 0 saturated carbocycles. The van der Waals surface area contributed by atoms with Crippen molar-refractivity contribution in [2.75, 3.05) is 0 Å². The Morgan fingerprint density at radius 1 is 0.947 bits per heavy atom. The number of halogens is 1. The van der Waals surface area contributed by atoms with E-state index in [1.807, 2.05) is 0 Å². The van der Waals surface area contributed by atoms with Crippen LogP contribution in [-0.4, -0.2) is 13.4 Å². The van der Waals surface area contributed by atoms with Crippen LogP contribution in [0.2, 0.25) is 0 Å². The first-order valence-electron chi connectivity index (χ1n) is 5.46. The van der Waals surface area contributed by atoms with Gasteiger partial charge in [-0.2, -0.15) is 0 Å². The van der Waals surface area contributed by atoms with Crippen molar-refractivity contribution in [2.24, 2.45) is 0 Å². The zero-order chi connectivity index (χ0) is 13.6. The molecule has 0 atom stereocenters. The van der Waals surface area contributed by atoms with Crippen molar-refractivity contribution in [2.45, 2.75) is 4.90 Å². The highest BCUT2D eigenvalue weighted by molar-refractivity contribution is 8.13. The minimum Gasteiger partial charge on any atom is -0.321 e. The van der Waals surface area contributed by atoms with Gasteiger partial charge in [0.25, 0.3) is 14.6 Å². The smallest absolute Gasteiger partial charge is 0.261 e. The maximum atomic E-state index is 11.9. The molecule has 0 radical (unpaired) electrons. The molecule has 1 heterocycles. The summed E-state index contributed by atoms with van der Waals surface area (Å²) in [5.41, 5.74) is 0.373. The molecule has 0 bridgehead atoms. The number of nitrogens with one attached hydrogen (secondary N) is 1. The number of rotatable bonds is 1. The van der Waals surface area contributed by atoms with E-state index in [4.69, 9.17) is 10.7 Å². The SMILES string of the molecule is O=c1[nH]c2ccc(S(=O)(=O)Cl)cc2c2ccccc12. The van der Waals surface area contributed by atoms with Crippen molar-refractivity contribution in [3.05, 3.63) is 52.8 Å². The molecule has 3 rings (SSSR count). The molecule has 0 amide bonds. The largest absolute Gasteiger partial charge is 0.321 e. The Balaban J connectivity index is 2.55. The van der Waals surface area contributed by atoms with Gasteiger partial charge in [-0.05, 0) is 29.7 Å². The Morgan fingerprint density at radius 2 is 1.63 bits per heavy atom. The van der Waals surface area contributed by atoms with Gasteiger partial charge in [-0.3, -0.25) is 4.79 Å². The maximum absolute atomic E-state index is 11.9. The summed E-state index contributed by atoms with van der Waals surface area (Å²) in [6.45, 7) is 0. The summed E-state index contributed by atoms with van der Waals surface area (Å²) >= 11 is 0. The van der Waals surface area contributed by atoms with Crippen molar-refractivity contribution < 1.29 is 8.42 Å². The van der Waals surface area contributed by atoms with Crippen LogP contribution in [0.3, 0.4) is 0 Å². The summed E-state index contributed by atoms with van der Waals surface area (Å²) in [5.74, 6) is 0. The van der Waals surface area contributed by atoms with Gasteiger partial charge in [0.2, 0.25) is 0 Å². The van der Waals surface area contributed by atoms with Gasteiger partial charge >= 0.3 is 0 Å². The third kappa shape index (κ3) is 2.01. The Bertz CT molecular complexity index is 960. The summed E-state index contributed by atoms with van der Waals surface area (Å²) < 4.78 is 22.7. The van der Waals surface area contributed by atoms with E-state index in [1.165, 1.54) is 12.1 Å². The number of fused-ring (bicyclic) bond motifs is 3. The first-order chi connectivity index (χ1) is 8.97. The predicted octanol–water partition coefficient (Wildman–Crippen LogP) is 2.61. The quantitative estimate of drug-likeness (QED) is 0.554. The molecule has 0 aliphatic heterocycles. The molecule has 19 heavy (non-hydrogen) atoms. The third-order valence-corrected chi connectivity index (χ3v) is 4.33. The van der Waals surface area contributed by atoms with Crippen LogP contribution in [-0.2, 0) is 9.05 Å². The Morgan fingerprint density at radius 3 is 2.32 bits per heavy atom. The second-order valence-electron chi connectivity index (χ2n) is 4.14. The third-order valence-electron chi connectivity index (χ3n) is 2.98. The van der Waals surface area contributed by atoms with Gasteiger partial charge in [0.05, 0.1) is 4.90 Å². The molecule has 2 aromatic carbocycles. The molecule has 6 heteroatoms. The second kappa shape index (κ2) is 4.08. The number of hydrogen-bond donors (Lipinski definition) is 1. The monoisotopic (exact) mass is 293 g/mol. The molecule has 0 aliphatic carbocycles. The van der Waals surface area contributed by atoms with Crippen LogP contribution in [0.15, 0.2) is 52.2 Å². The highest BCUT2D eigenvalue weighted by atomic mass is 35.7. The number of H-pyrrole nitrogens is 1. The van der Waals surface area contributed by atoms with E-state index in [0.29, 0.717) is 21.7 Å². The van der Waals surface area contributed by atoms with E-state index < -0.39 is 9.05 Å². The highest BCUT2D eigenvalue weighted by Crippen LogP contribution is 2.25. The first-order valence-corrected chi connectivity index (χ1v) is 7.77. The fraction of sp³-hybridized carbons (Fsp3) is 0. The zero-order valence-electron chi connectivity index (χ0n) is 9.55. The molecule has 1 N–H and O–H groups in total. The molecular weight excluding hydrogens is 286 g/mol. The van der Waals surface area contributed by atoms with Crippen molar-refractivity contribution in [3.8, 4) is 0 Å². The highest BCUT2D eigenvalue weighted by Gasteiger charge is 2.12. The van der Waals surface area contributed by atoms with Gasteiger partial charge in [-0.15, -0.1) is 0 Å². The van der Waals surface area contributed by atoms with Crippen molar-refractivity contribution in [3.63, 3.8) is 0 Å². The van der Waals surface area contributed by atoms with Crippen molar-refractivity contribution in [1.82, 2.24) is 4.98 Å². The minimum atomic E-state index is -3.79. The Hall–Kier alpha value is -1.85. The summed E-state index contributed by atoms with van der Waals surface area (Å²) in [4.78, 5) is 14.6. The predicted molar refractivity (Wildman–Crippen MR) is 75.1 cm³/mol. The van der Waals surface area contributed by atoms with E-state index >= 15 is 0 Å². The van der Waals surface area contributed by atoms with Crippen LogP contribution >= 0.6 is 10.7 Å².